The van der Waals surface area contributed by atoms with Gasteiger partial charge >= 0.3 is 0 Å². The molecule has 3 heteroatoms. The Bertz CT molecular complexity index is 219. The molecular formula is C10H16BrNO. The van der Waals surface area contributed by atoms with E-state index in [0.29, 0.717) is 22.6 Å². The Labute approximate surface area is 87.8 Å². The van der Waals surface area contributed by atoms with Crippen LogP contribution in [0.15, 0.2) is 0 Å². The monoisotopic (exact) mass is 245 g/mol. The van der Waals surface area contributed by atoms with Crippen molar-refractivity contribution in [2.75, 3.05) is 13.1 Å². The fraction of sp³-hybridized carbons (Fsp3) is 0.900. The summed E-state index contributed by atoms with van der Waals surface area (Å²) in [7, 11) is 0. The molecule has 74 valence electrons. The number of carbonyl (C=O) groups is 1. The van der Waals surface area contributed by atoms with E-state index in [9.17, 15) is 4.79 Å². The van der Waals surface area contributed by atoms with Gasteiger partial charge in [-0.1, -0.05) is 22.9 Å². The second kappa shape index (κ2) is 3.60. The third-order valence-electron chi connectivity index (χ3n) is 3.10. The predicted octanol–water partition coefficient (Wildman–Crippen LogP) is 2.03. The molecule has 2 fully saturated rings. The van der Waals surface area contributed by atoms with Gasteiger partial charge in [0.25, 0.3) is 0 Å². The van der Waals surface area contributed by atoms with Crippen molar-refractivity contribution >= 4 is 21.8 Å². The smallest absolute Gasteiger partial charge is 0.225 e. The quantitative estimate of drug-likeness (QED) is 0.648. The third kappa shape index (κ3) is 2.06. The summed E-state index contributed by atoms with van der Waals surface area (Å²) >= 11 is 3.59. The Hall–Kier alpha value is -0.0500. The predicted molar refractivity (Wildman–Crippen MR) is 55.8 cm³/mol. The molecule has 0 N–H and O–H groups in total. The van der Waals surface area contributed by atoms with Gasteiger partial charge in [0, 0.05) is 23.8 Å². The number of amides is 1. The highest BCUT2D eigenvalue weighted by molar-refractivity contribution is 9.09. The van der Waals surface area contributed by atoms with Crippen molar-refractivity contribution < 1.29 is 4.79 Å². The number of alkyl halides is 1. The van der Waals surface area contributed by atoms with Crippen LogP contribution in [-0.4, -0.2) is 28.7 Å². The van der Waals surface area contributed by atoms with E-state index in [1.165, 1.54) is 6.42 Å². The summed E-state index contributed by atoms with van der Waals surface area (Å²) in [5, 5.41) is 0. The van der Waals surface area contributed by atoms with Crippen molar-refractivity contribution in [1.82, 2.24) is 4.90 Å². The van der Waals surface area contributed by atoms with Gasteiger partial charge in [0.2, 0.25) is 5.91 Å². The molecular weight excluding hydrogens is 230 g/mol. The summed E-state index contributed by atoms with van der Waals surface area (Å²) in [5.41, 5.74) is 0. The van der Waals surface area contributed by atoms with E-state index in [4.69, 9.17) is 0 Å². The molecule has 0 aromatic rings. The van der Waals surface area contributed by atoms with Gasteiger partial charge in [-0.05, 0) is 25.2 Å². The van der Waals surface area contributed by atoms with Crippen LogP contribution in [-0.2, 0) is 4.79 Å². The molecule has 1 saturated heterocycles. The highest BCUT2D eigenvalue weighted by Gasteiger charge is 2.42. The molecule has 1 amide bonds. The summed E-state index contributed by atoms with van der Waals surface area (Å²) in [4.78, 5) is 14.4. The molecule has 1 aliphatic carbocycles. The fourth-order valence-corrected chi connectivity index (χ4v) is 2.70. The average molecular weight is 246 g/mol. The van der Waals surface area contributed by atoms with Gasteiger partial charge in [0.1, 0.15) is 0 Å². The van der Waals surface area contributed by atoms with Crippen LogP contribution in [0, 0.1) is 11.8 Å². The Morgan fingerprint density at radius 2 is 2.23 bits per heavy atom. The number of nitrogens with zero attached hydrogens (tertiary/aromatic N) is 1. The van der Waals surface area contributed by atoms with Gasteiger partial charge in [-0.3, -0.25) is 4.79 Å². The normalized spacial score (nSPS) is 38.9. The number of halogens is 1. The van der Waals surface area contributed by atoms with Crippen LogP contribution in [0.3, 0.4) is 0 Å². The molecule has 2 aliphatic rings. The first kappa shape index (κ1) is 9.50. The van der Waals surface area contributed by atoms with Gasteiger partial charge < -0.3 is 4.90 Å². The maximum absolute atomic E-state index is 11.8. The van der Waals surface area contributed by atoms with Crippen LogP contribution in [0.5, 0.6) is 0 Å². The lowest BCUT2D eigenvalue weighted by atomic mass is 10.1. The topological polar surface area (TPSA) is 20.3 Å². The zero-order valence-corrected chi connectivity index (χ0v) is 9.59. The average Bonchev–Trinajstić information content (AvgIpc) is 2.81. The molecule has 1 saturated carbocycles. The van der Waals surface area contributed by atoms with E-state index < -0.39 is 0 Å². The van der Waals surface area contributed by atoms with Crippen molar-refractivity contribution in [3.63, 3.8) is 0 Å². The van der Waals surface area contributed by atoms with Gasteiger partial charge in [0.05, 0.1) is 0 Å². The van der Waals surface area contributed by atoms with E-state index in [-0.39, 0.29) is 0 Å². The number of carbonyl (C=O) groups excluding carboxylic acids is 1. The van der Waals surface area contributed by atoms with Crippen molar-refractivity contribution in [3.8, 4) is 0 Å². The van der Waals surface area contributed by atoms with Gasteiger partial charge in [0.15, 0.2) is 0 Å². The molecule has 0 bridgehead atoms. The molecule has 1 aliphatic heterocycles. The minimum atomic E-state index is 0.359. The number of likely N-dealkylation sites (tertiary alicyclic amines) is 1. The lowest BCUT2D eigenvalue weighted by molar-refractivity contribution is -0.133. The van der Waals surface area contributed by atoms with Crippen molar-refractivity contribution in [3.05, 3.63) is 0 Å². The highest BCUT2D eigenvalue weighted by atomic mass is 79.9. The van der Waals surface area contributed by atoms with Crippen LogP contribution in [0.25, 0.3) is 0 Å². The van der Waals surface area contributed by atoms with E-state index in [2.05, 4.69) is 22.9 Å². The second-order valence-electron chi connectivity index (χ2n) is 4.34. The maximum atomic E-state index is 11.8. The lowest BCUT2D eigenvalue weighted by Gasteiger charge is -2.30. The van der Waals surface area contributed by atoms with Gasteiger partial charge in [-0.2, -0.15) is 0 Å². The SMILES string of the molecule is CC1CC1C(=O)N1CCCC(Br)C1. The second-order valence-corrected chi connectivity index (χ2v) is 5.64. The van der Waals surface area contributed by atoms with E-state index >= 15 is 0 Å². The highest BCUT2D eigenvalue weighted by Crippen LogP contribution is 2.39. The van der Waals surface area contributed by atoms with Crippen LogP contribution >= 0.6 is 15.9 Å². The number of piperidine rings is 1. The minimum absolute atomic E-state index is 0.359. The Kier molecular flexibility index (Phi) is 2.63. The molecule has 0 radical (unpaired) electrons. The first-order valence-corrected chi connectivity index (χ1v) is 6.03. The van der Waals surface area contributed by atoms with E-state index in [1.807, 2.05) is 4.90 Å². The summed E-state index contributed by atoms with van der Waals surface area (Å²) in [5.74, 6) is 1.40. The summed E-state index contributed by atoms with van der Waals surface area (Å²) in [6, 6.07) is 0. The molecule has 2 nitrogen and oxygen atoms in total. The Morgan fingerprint density at radius 3 is 2.77 bits per heavy atom. The standard InChI is InChI=1S/C10H16BrNO/c1-7-5-9(7)10(13)12-4-2-3-8(11)6-12/h7-9H,2-6H2,1H3. The van der Waals surface area contributed by atoms with E-state index in [0.717, 1.165) is 25.9 Å². The molecule has 13 heavy (non-hydrogen) atoms. The third-order valence-corrected chi connectivity index (χ3v) is 3.85. The minimum Gasteiger partial charge on any atom is -0.341 e. The van der Waals surface area contributed by atoms with Gasteiger partial charge in [-0.25, -0.2) is 0 Å². The first-order chi connectivity index (χ1) is 6.18. The lowest BCUT2D eigenvalue weighted by Crippen LogP contribution is -2.41. The summed E-state index contributed by atoms with van der Waals surface area (Å²) < 4.78 is 0. The van der Waals surface area contributed by atoms with Crippen LogP contribution in [0.4, 0.5) is 0 Å². The zero-order valence-electron chi connectivity index (χ0n) is 8.00. The number of rotatable bonds is 1. The Balaban J connectivity index is 1.88. The number of hydrogen-bond acceptors (Lipinski definition) is 1. The zero-order chi connectivity index (χ0) is 9.42. The van der Waals surface area contributed by atoms with Crippen molar-refractivity contribution in [2.24, 2.45) is 11.8 Å². The Morgan fingerprint density at radius 1 is 1.54 bits per heavy atom. The van der Waals surface area contributed by atoms with Crippen LogP contribution in [0.2, 0.25) is 0 Å². The molecule has 0 spiro atoms. The number of hydrogen-bond donors (Lipinski definition) is 0. The van der Waals surface area contributed by atoms with Crippen LogP contribution in [0.1, 0.15) is 26.2 Å². The van der Waals surface area contributed by atoms with Crippen molar-refractivity contribution in [2.45, 2.75) is 31.0 Å². The molecule has 1 heterocycles. The largest absolute Gasteiger partial charge is 0.341 e. The maximum Gasteiger partial charge on any atom is 0.225 e. The summed E-state index contributed by atoms with van der Waals surface area (Å²) in [6.45, 7) is 4.06. The molecule has 0 aromatic carbocycles. The fourth-order valence-electron chi connectivity index (χ4n) is 2.03. The molecule has 3 unspecified atom stereocenters. The molecule has 0 aromatic heterocycles. The first-order valence-electron chi connectivity index (χ1n) is 5.11. The molecule has 2 rings (SSSR count). The van der Waals surface area contributed by atoms with Gasteiger partial charge in [-0.15, -0.1) is 0 Å². The molecule has 3 atom stereocenters. The summed E-state index contributed by atoms with van der Waals surface area (Å²) in [6.07, 6.45) is 3.48. The van der Waals surface area contributed by atoms with Crippen molar-refractivity contribution in [1.29, 1.82) is 0 Å². The van der Waals surface area contributed by atoms with E-state index in [1.54, 1.807) is 0 Å². The van der Waals surface area contributed by atoms with Crippen LogP contribution < -0.4 is 0 Å².